The van der Waals surface area contributed by atoms with E-state index in [-0.39, 0.29) is 18.7 Å². The van der Waals surface area contributed by atoms with Crippen LogP contribution in [0.2, 0.25) is 6.32 Å². The molecule has 0 aromatic rings. The number of allylic oxidation sites excluding steroid dienone is 1. The van der Waals surface area contributed by atoms with Gasteiger partial charge in [0.15, 0.2) is 0 Å². The minimum absolute atomic E-state index is 0. The molecule has 0 aliphatic rings. The maximum Gasteiger partial charge on any atom is 0.455 e. The quantitative estimate of drug-likeness (QED) is 0.373. The molecule has 0 amide bonds. The van der Waals surface area contributed by atoms with Crippen LogP contribution >= 0.6 is 12.4 Å². The molecule has 3 nitrogen and oxygen atoms in total. The summed E-state index contributed by atoms with van der Waals surface area (Å²) >= 11 is 0. The second-order valence-corrected chi connectivity index (χ2v) is 1.42. The van der Waals surface area contributed by atoms with Crippen molar-refractivity contribution in [3.63, 3.8) is 0 Å². The molecule has 0 saturated carbocycles. The number of hydrogen-bond acceptors (Lipinski definition) is 3. The second kappa shape index (κ2) is 7.97. The van der Waals surface area contributed by atoms with Crippen LogP contribution in [-0.2, 0) is 0 Å². The SMILES string of the molecule is Cl.NC/C=C/CB(O)O. The van der Waals surface area contributed by atoms with Crippen LogP contribution in [0.15, 0.2) is 12.2 Å². The van der Waals surface area contributed by atoms with Crippen molar-refractivity contribution in [3.8, 4) is 0 Å². The van der Waals surface area contributed by atoms with E-state index in [0.29, 0.717) is 6.54 Å². The summed E-state index contributed by atoms with van der Waals surface area (Å²) in [5.74, 6) is 0. The molecular formula is C4H11BClNO2. The van der Waals surface area contributed by atoms with Gasteiger partial charge in [0, 0.05) is 6.54 Å². The summed E-state index contributed by atoms with van der Waals surface area (Å²) in [6.45, 7) is 0.451. The number of hydrogen-bond donors (Lipinski definition) is 3. The van der Waals surface area contributed by atoms with E-state index in [0.717, 1.165) is 0 Å². The molecule has 0 fully saturated rings. The van der Waals surface area contributed by atoms with Gasteiger partial charge in [-0.3, -0.25) is 0 Å². The molecule has 4 N–H and O–H groups in total. The zero-order valence-corrected chi connectivity index (χ0v) is 5.84. The van der Waals surface area contributed by atoms with Gasteiger partial charge in [-0.15, -0.1) is 12.4 Å². The molecule has 54 valence electrons. The Balaban J connectivity index is 0. The smallest absolute Gasteiger partial charge is 0.427 e. The lowest BCUT2D eigenvalue weighted by Gasteiger charge is -1.86. The van der Waals surface area contributed by atoms with Crippen molar-refractivity contribution in [1.82, 2.24) is 0 Å². The Bertz CT molecular complexity index is 79.0. The largest absolute Gasteiger partial charge is 0.455 e. The zero-order valence-electron chi connectivity index (χ0n) is 5.03. The third kappa shape index (κ3) is 11.5. The Morgan fingerprint density at radius 2 is 1.89 bits per heavy atom. The van der Waals surface area contributed by atoms with Crippen LogP contribution in [0.3, 0.4) is 0 Å². The van der Waals surface area contributed by atoms with Gasteiger partial charge in [-0.05, 0) is 6.32 Å². The lowest BCUT2D eigenvalue weighted by atomic mass is 9.86. The fourth-order valence-electron chi connectivity index (χ4n) is 0.314. The number of rotatable bonds is 3. The van der Waals surface area contributed by atoms with E-state index in [1.165, 1.54) is 0 Å². The van der Waals surface area contributed by atoms with Crippen molar-refractivity contribution in [2.75, 3.05) is 6.54 Å². The van der Waals surface area contributed by atoms with E-state index in [2.05, 4.69) is 0 Å². The van der Waals surface area contributed by atoms with Gasteiger partial charge in [0.1, 0.15) is 0 Å². The summed E-state index contributed by atoms with van der Waals surface area (Å²) in [5, 5.41) is 16.5. The van der Waals surface area contributed by atoms with Crippen LogP contribution in [0.1, 0.15) is 0 Å². The highest BCUT2D eigenvalue weighted by Gasteiger charge is 1.99. The van der Waals surface area contributed by atoms with Gasteiger partial charge >= 0.3 is 7.12 Å². The molecule has 0 saturated heterocycles. The third-order valence-corrected chi connectivity index (χ3v) is 0.650. The first-order chi connectivity index (χ1) is 3.77. The molecule has 0 atom stereocenters. The van der Waals surface area contributed by atoms with Crippen LogP contribution in [0, 0.1) is 0 Å². The van der Waals surface area contributed by atoms with E-state index in [9.17, 15) is 0 Å². The summed E-state index contributed by atoms with van der Waals surface area (Å²) in [6.07, 6.45) is 3.57. The van der Waals surface area contributed by atoms with E-state index in [4.69, 9.17) is 15.8 Å². The summed E-state index contributed by atoms with van der Waals surface area (Å²) in [4.78, 5) is 0. The Kier molecular flexibility index (Phi) is 10.4. The average Bonchev–Trinajstić information content (AvgIpc) is 1.66. The van der Waals surface area contributed by atoms with Crippen molar-refractivity contribution in [3.05, 3.63) is 12.2 Å². The summed E-state index contributed by atoms with van der Waals surface area (Å²) < 4.78 is 0. The fraction of sp³-hybridized carbons (Fsp3) is 0.500. The molecule has 0 rings (SSSR count). The van der Waals surface area contributed by atoms with Crippen molar-refractivity contribution in [2.45, 2.75) is 6.32 Å². The maximum atomic E-state index is 8.24. The van der Waals surface area contributed by atoms with Gasteiger partial charge in [0.2, 0.25) is 0 Å². The highest BCUT2D eigenvalue weighted by molar-refractivity contribution is 6.41. The highest BCUT2D eigenvalue weighted by Crippen LogP contribution is 1.83. The third-order valence-electron chi connectivity index (χ3n) is 0.650. The summed E-state index contributed by atoms with van der Waals surface area (Å²) in [7, 11) is -1.24. The van der Waals surface area contributed by atoms with Crippen molar-refractivity contribution in [1.29, 1.82) is 0 Å². The van der Waals surface area contributed by atoms with Crippen molar-refractivity contribution >= 4 is 19.5 Å². The Morgan fingerprint density at radius 1 is 1.33 bits per heavy atom. The van der Waals surface area contributed by atoms with Crippen molar-refractivity contribution in [2.24, 2.45) is 5.73 Å². The molecule has 0 spiro atoms. The van der Waals surface area contributed by atoms with Crippen LogP contribution in [0.25, 0.3) is 0 Å². The summed E-state index contributed by atoms with van der Waals surface area (Å²) in [6, 6.07) is 0. The monoisotopic (exact) mass is 151 g/mol. The molecule has 0 unspecified atom stereocenters. The van der Waals surface area contributed by atoms with E-state index in [1.54, 1.807) is 12.2 Å². The first-order valence-corrected chi connectivity index (χ1v) is 2.48. The molecular weight excluding hydrogens is 140 g/mol. The standard InChI is InChI=1S/C4H10BNO2.ClH/c6-4-2-1-3-5(7)8;/h1-2,7-8H,3-4,6H2;1H/b2-1+;. The van der Waals surface area contributed by atoms with E-state index >= 15 is 0 Å². The normalized spacial score (nSPS) is 9.22. The van der Waals surface area contributed by atoms with Gasteiger partial charge in [-0.1, -0.05) is 12.2 Å². The lowest BCUT2D eigenvalue weighted by molar-refractivity contribution is 0.411. The first-order valence-electron chi connectivity index (χ1n) is 2.48. The van der Waals surface area contributed by atoms with Crippen LogP contribution in [0.4, 0.5) is 0 Å². The van der Waals surface area contributed by atoms with Crippen molar-refractivity contribution < 1.29 is 10.0 Å². The first kappa shape index (κ1) is 11.7. The molecule has 0 radical (unpaired) electrons. The lowest BCUT2D eigenvalue weighted by Crippen LogP contribution is -2.08. The molecule has 5 heteroatoms. The molecule has 0 heterocycles. The average molecular weight is 151 g/mol. The van der Waals surface area contributed by atoms with Gasteiger partial charge in [0.25, 0.3) is 0 Å². The van der Waals surface area contributed by atoms with E-state index < -0.39 is 7.12 Å². The van der Waals surface area contributed by atoms with Gasteiger partial charge in [-0.25, -0.2) is 0 Å². The minimum atomic E-state index is -1.24. The topological polar surface area (TPSA) is 66.5 Å². The number of nitrogens with two attached hydrogens (primary N) is 1. The Labute approximate surface area is 61.1 Å². The van der Waals surface area contributed by atoms with Gasteiger partial charge < -0.3 is 15.8 Å². The zero-order chi connectivity index (χ0) is 6.41. The Hall–Kier alpha value is -0.0251. The Morgan fingerprint density at radius 3 is 2.22 bits per heavy atom. The van der Waals surface area contributed by atoms with Crippen LogP contribution in [0.5, 0.6) is 0 Å². The maximum absolute atomic E-state index is 8.24. The molecule has 9 heavy (non-hydrogen) atoms. The van der Waals surface area contributed by atoms with E-state index in [1.807, 2.05) is 0 Å². The predicted molar refractivity (Wildman–Crippen MR) is 40.4 cm³/mol. The summed E-state index contributed by atoms with van der Waals surface area (Å²) in [5.41, 5.74) is 5.06. The molecule has 0 bridgehead atoms. The van der Waals surface area contributed by atoms with Crippen LogP contribution < -0.4 is 5.73 Å². The number of halogens is 1. The predicted octanol–water partition coefficient (Wildman–Crippen LogP) is -0.604. The molecule has 0 aliphatic heterocycles. The fourth-order valence-corrected chi connectivity index (χ4v) is 0.314. The molecule has 0 aromatic heterocycles. The van der Waals surface area contributed by atoms with Gasteiger partial charge in [-0.2, -0.15) is 0 Å². The minimum Gasteiger partial charge on any atom is -0.427 e. The molecule has 0 aromatic carbocycles. The molecule has 0 aliphatic carbocycles. The second-order valence-electron chi connectivity index (χ2n) is 1.42. The highest BCUT2D eigenvalue weighted by atomic mass is 35.5. The van der Waals surface area contributed by atoms with Gasteiger partial charge in [0.05, 0.1) is 0 Å². The van der Waals surface area contributed by atoms with Crippen LogP contribution in [-0.4, -0.2) is 23.7 Å².